The zero-order valence-corrected chi connectivity index (χ0v) is 11.8. The van der Waals surface area contributed by atoms with Gasteiger partial charge in [-0.3, -0.25) is 4.52 Å². The van der Waals surface area contributed by atoms with Crippen LogP contribution in [0.2, 0.25) is 0 Å². The molecule has 0 amide bonds. The van der Waals surface area contributed by atoms with Gasteiger partial charge in [-0.15, -0.1) is 0 Å². The molecule has 0 radical (unpaired) electrons. The predicted molar refractivity (Wildman–Crippen MR) is 69.9 cm³/mol. The molecule has 0 aromatic heterocycles. The van der Waals surface area contributed by atoms with E-state index in [4.69, 9.17) is 19.3 Å². The Bertz CT molecular complexity index is 404. The SMILES string of the molecule is CC(COc1ccccc1)OCC(C)OP(=O)(O)O. The van der Waals surface area contributed by atoms with Crippen molar-refractivity contribution in [1.29, 1.82) is 0 Å². The maximum absolute atomic E-state index is 10.6. The number of phosphoric acid groups is 1. The number of hydrogen-bond donors (Lipinski definition) is 2. The van der Waals surface area contributed by atoms with Gasteiger partial charge in [0.15, 0.2) is 0 Å². The second-order valence-electron chi connectivity index (χ2n) is 4.17. The van der Waals surface area contributed by atoms with Crippen molar-refractivity contribution < 1.29 is 28.3 Å². The van der Waals surface area contributed by atoms with E-state index >= 15 is 0 Å². The second kappa shape index (κ2) is 7.62. The standard InChI is InChI=1S/C12H19O6P/c1-10(8-17-12-6-4-3-5-7-12)16-9-11(2)18-19(13,14)15/h3-7,10-11H,8-9H2,1-2H3,(H2,13,14,15). The molecule has 2 unspecified atom stereocenters. The molecule has 108 valence electrons. The van der Waals surface area contributed by atoms with Crippen molar-refractivity contribution in [2.24, 2.45) is 0 Å². The lowest BCUT2D eigenvalue weighted by atomic mass is 10.3. The molecular formula is C12H19O6P. The van der Waals surface area contributed by atoms with E-state index in [0.29, 0.717) is 6.61 Å². The number of ether oxygens (including phenoxy) is 2. The van der Waals surface area contributed by atoms with Gasteiger partial charge >= 0.3 is 7.82 Å². The molecule has 0 spiro atoms. The summed E-state index contributed by atoms with van der Waals surface area (Å²) < 4.78 is 25.9. The number of rotatable bonds is 8. The van der Waals surface area contributed by atoms with Crippen molar-refractivity contribution in [3.05, 3.63) is 30.3 Å². The Balaban J connectivity index is 2.21. The second-order valence-corrected chi connectivity index (χ2v) is 5.37. The first-order chi connectivity index (χ1) is 8.87. The minimum atomic E-state index is -4.46. The Hall–Kier alpha value is -0.910. The topological polar surface area (TPSA) is 85.2 Å². The average Bonchev–Trinajstić information content (AvgIpc) is 2.33. The van der Waals surface area contributed by atoms with Crippen LogP contribution in [0.3, 0.4) is 0 Å². The summed E-state index contributed by atoms with van der Waals surface area (Å²) >= 11 is 0. The van der Waals surface area contributed by atoms with Crippen LogP contribution in [0, 0.1) is 0 Å². The van der Waals surface area contributed by atoms with Crippen LogP contribution in [0.15, 0.2) is 30.3 Å². The summed E-state index contributed by atoms with van der Waals surface area (Å²) in [5.41, 5.74) is 0. The van der Waals surface area contributed by atoms with Gasteiger partial charge in [-0.05, 0) is 26.0 Å². The Morgan fingerprint density at radius 2 is 1.74 bits per heavy atom. The molecule has 0 aliphatic heterocycles. The highest BCUT2D eigenvalue weighted by atomic mass is 31.2. The molecule has 0 saturated heterocycles. The summed E-state index contributed by atoms with van der Waals surface area (Å²) in [6.45, 7) is 3.79. The predicted octanol–water partition coefficient (Wildman–Crippen LogP) is 1.97. The van der Waals surface area contributed by atoms with Gasteiger partial charge in [0, 0.05) is 0 Å². The van der Waals surface area contributed by atoms with Crippen LogP contribution >= 0.6 is 7.82 Å². The third-order valence-electron chi connectivity index (χ3n) is 2.16. The lowest BCUT2D eigenvalue weighted by Gasteiger charge is -2.18. The van der Waals surface area contributed by atoms with Crippen molar-refractivity contribution in [3.63, 3.8) is 0 Å². The first-order valence-corrected chi connectivity index (χ1v) is 7.43. The van der Waals surface area contributed by atoms with Crippen LogP contribution in [-0.4, -0.2) is 35.2 Å². The molecule has 7 heteroatoms. The first kappa shape index (κ1) is 16.1. The third-order valence-corrected chi connectivity index (χ3v) is 2.80. The molecule has 2 N–H and O–H groups in total. The fraction of sp³-hybridized carbons (Fsp3) is 0.500. The van der Waals surface area contributed by atoms with Crippen molar-refractivity contribution in [1.82, 2.24) is 0 Å². The van der Waals surface area contributed by atoms with Crippen LogP contribution in [0.1, 0.15) is 13.8 Å². The molecule has 0 bridgehead atoms. The number of hydrogen-bond acceptors (Lipinski definition) is 4. The molecule has 0 fully saturated rings. The van der Waals surface area contributed by atoms with Crippen LogP contribution < -0.4 is 4.74 Å². The van der Waals surface area contributed by atoms with Crippen molar-refractivity contribution in [2.75, 3.05) is 13.2 Å². The molecule has 1 aromatic carbocycles. The van der Waals surface area contributed by atoms with Gasteiger partial charge < -0.3 is 19.3 Å². The van der Waals surface area contributed by atoms with E-state index in [-0.39, 0.29) is 12.7 Å². The normalized spacial score (nSPS) is 14.9. The van der Waals surface area contributed by atoms with Crippen molar-refractivity contribution in [3.8, 4) is 5.75 Å². The minimum absolute atomic E-state index is 0.0877. The highest BCUT2D eigenvalue weighted by Crippen LogP contribution is 2.37. The summed E-state index contributed by atoms with van der Waals surface area (Å²) in [4.78, 5) is 17.2. The zero-order chi connectivity index (χ0) is 14.3. The maximum Gasteiger partial charge on any atom is 0.469 e. The van der Waals surface area contributed by atoms with Gasteiger partial charge in [-0.2, -0.15) is 0 Å². The van der Waals surface area contributed by atoms with E-state index in [2.05, 4.69) is 4.52 Å². The number of benzene rings is 1. The molecule has 1 aromatic rings. The summed E-state index contributed by atoms with van der Waals surface area (Å²) in [6, 6.07) is 9.32. The molecule has 0 saturated carbocycles. The van der Waals surface area contributed by atoms with E-state index < -0.39 is 13.9 Å². The largest absolute Gasteiger partial charge is 0.491 e. The summed E-state index contributed by atoms with van der Waals surface area (Å²) in [5, 5.41) is 0. The first-order valence-electron chi connectivity index (χ1n) is 5.90. The zero-order valence-electron chi connectivity index (χ0n) is 10.9. The Kier molecular flexibility index (Phi) is 6.48. The third kappa shape index (κ3) is 7.97. The molecule has 0 aliphatic carbocycles. The van der Waals surface area contributed by atoms with Crippen LogP contribution in [0.25, 0.3) is 0 Å². The fourth-order valence-corrected chi connectivity index (χ4v) is 1.87. The molecule has 19 heavy (non-hydrogen) atoms. The summed E-state index contributed by atoms with van der Waals surface area (Å²) in [6.07, 6.45) is -0.886. The fourth-order valence-electron chi connectivity index (χ4n) is 1.34. The highest BCUT2D eigenvalue weighted by molar-refractivity contribution is 7.46. The molecule has 2 atom stereocenters. The van der Waals surface area contributed by atoms with Gasteiger partial charge in [0.1, 0.15) is 12.4 Å². The molecule has 0 heterocycles. The number of phosphoric ester groups is 1. The lowest BCUT2D eigenvalue weighted by molar-refractivity contribution is -0.0130. The summed E-state index contributed by atoms with van der Waals surface area (Å²) in [7, 11) is -4.46. The van der Waals surface area contributed by atoms with Crippen molar-refractivity contribution >= 4 is 7.82 Å². The van der Waals surface area contributed by atoms with Gasteiger partial charge in [0.2, 0.25) is 0 Å². The Labute approximate surface area is 112 Å². The number of para-hydroxylation sites is 1. The van der Waals surface area contributed by atoms with Gasteiger partial charge in [-0.1, -0.05) is 18.2 Å². The Morgan fingerprint density at radius 1 is 1.11 bits per heavy atom. The average molecular weight is 290 g/mol. The summed E-state index contributed by atoms with van der Waals surface area (Å²) in [5.74, 6) is 0.748. The molecule has 0 aliphatic rings. The lowest BCUT2D eigenvalue weighted by Crippen LogP contribution is -2.24. The quantitative estimate of drug-likeness (QED) is 0.712. The Morgan fingerprint density at radius 3 is 2.32 bits per heavy atom. The highest BCUT2D eigenvalue weighted by Gasteiger charge is 2.19. The van der Waals surface area contributed by atoms with E-state index in [1.54, 1.807) is 0 Å². The smallest absolute Gasteiger partial charge is 0.469 e. The van der Waals surface area contributed by atoms with E-state index in [0.717, 1.165) is 5.75 Å². The van der Waals surface area contributed by atoms with Crippen LogP contribution in [-0.2, 0) is 13.8 Å². The van der Waals surface area contributed by atoms with Crippen LogP contribution in [0.5, 0.6) is 5.75 Å². The van der Waals surface area contributed by atoms with Gasteiger partial charge in [0.05, 0.1) is 18.8 Å². The van der Waals surface area contributed by atoms with Gasteiger partial charge in [-0.25, -0.2) is 4.57 Å². The van der Waals surface area contributed by atoms with Gasteiger partial charge in [0.25, 0.3) is 0 Å². The van der Waals surface area contributed by atoms with Crippen LogP contribution in [0.4, 0.5) is 0 Å². The maximum atomic E-state index is 10.6. The molecule has 1 rings (SSSR count). The van der Waals surface area contributed by atoms with Crippen molar-refractivity contribution in [2.45, 2.75) is 26.1 Å². The van der Waals surface area contributed by atoms with E-state index in [1.165, 1.54) is 6.92 Å². The van der Waals surface area contributed by atoms with E-state index in [1.807, 2.05) is 37.3 Å². The minimum Gasteiger partial charge on any atom is -0.491 e. The van der Waals surface area contributed by atoms with E-state index in [9.17, 15) is 4.57 Å². The monoisotopic (exact) mass is 290 g/mol. The molecular weight excluding hydrogens is 271 g/mol. The molecule has 6 nitrogen and oxygen atoms in total.